The van der Waals surface area contributed by atoms with E-state index in [1.165, 1.54) is 50.0 Å². The summed E-state index contributed by atoms with van der Waals surface area (Å²) in [5.41, 5.74) is 4.64. The Bertz CT molecular complexity index is 414. The van der Waals surface area contributed by atoms with Gasteiger partial charge in [-0.1, -0.05) is 25.5 Å². The molecule has 2 aliphatic rings. The predicted molar refractivity (Wildman–Crippen MR) is 77.1 cm³/mol. The first-order valence-electron chi connectivity index (χ1n) is 7.45. The lowest BCUT2D eigenvalue weighted by Gasteiger charge is -2.36. The number of benzene rings is 1. The minimum absolute atomic E-state index is 0.899. The smallest absolute Gasteiger partial charge is 0.0402 e. The Labute approximate surface area is 110 Å². The van der Waals surface area contributed by atoms with E-state index in [0.29, 0.717) is 0 Å². The summed E-state index contributed by atoms with van der Waals surface area (Å²) in [6.07, 6.45) is 5.30. The van der Waals surface area contributed by atoms with Crippen LogP contribution in [-0.4, -0.2) is 19.6 Å². The van der Waals surface area contributed by atoms with E-state index < -0.39 is 0 Å². The van der Waals surface area contributed by atoms with E-state index in [1.807, 2.05) is 0 Å². The molecule has 1 fully saturated rings. The number of fused-ring (bicyclic) bond motifs is 1. The molecule has 3 rings (SSSR count). The highest BCUT2D eigenvalue weighted by Gasteiger charge is 2.22. The van der Waals surface area contributed by atoms with E-state index in [2.05, 4.69) is 35.3 Å². The first-order valence-corrected chi connectivity index (χ1v) is 7.45. The van der Waals surface area contributed by atoms with E-state index in [9.17, 15) is 0 Å². The van der Waals surface area contributed by atoms with Gasteiger partial charge in [-0.25, -0.2) is 0 Å². The van der Waals surface area contributed by atoms with Gasteiger partial charge in [-0.2, -0.15) is 0 Å². The lowest BCUT2D eigenvalue weighted by molar-refractivity contribution is 0.404. The zero-order chi connectivity index (χ0) is 12.4. The Balaban J connectivity index is 1.87. The minimum atomic E-state index is 0.899. The van der Waals surface area contributed by atoms with Crippen molar-refractivity contribution in [2.24, 2.45) is 5.92 Å². The average molecular weight is 244 g/mol. The number of rotatable bonds is 2. The fourth-order valence-electron chi connectivity index (χ4n) is 3.43. The highest BCUT2D eigenvalue weighted by Crippen LogP contribution is 2.30. The molecule has 0 radical (unpaired) electrons. The summed E-state index contributed by atoms with van der Waals surface area (Å²) in [5, 5.41) is 3.47. The van der Waals surface area contributed by atoms with Crippen LogP contribution in [0.5, 0.6) is 0 Å². The van der Waals surface area contributed by atoms with Crippen LogP contribution in [0, 0.1) is 5.92 Å². The fourth-order valence-corrected chi connectivity index (χ4v) is 3.43. The van der Waals surface area contributed by atoms with Gasteiger partial charge >= 0.3 is 0 Å². The van der Waals surface area contributed by atoms with Gasteiger partial charge in [0.2, 0.25) is 0 Å². The molecule has 2 heteroatoms. The number of anilines is 1. The van der Waals surface area contributed by atoms with Gasteiger partial charge in [0.25, 0.3) is 0 Å². The van der Waals surface area contributed by atoms with Gasteiger partial charge in [-0.3, -0.25) is 0 Å². The van der Waals surface area contributed by atoms with Crippen molar-refractivity contribution in [2.75, 3.05) is 24.5 Å². The third-order valence-corrected chi connectivity index (χ3v) is 4.55. The number of hydrogen-bond acceptors (Lipinski definition) is 2. The molecule has 0 aliphatic carbocycles. The third kappa shape index (κ3) is 2.26. The van der Waals surface area contributed by atoms with Crippen molar-refractivity contribution in [1.29, 1.82) is 0 Å². The summed E-state index contributed by atoms with van der Waals surface area (Å²) < 4.78 is 0. The molecule has 2 nitrogen and oxygen atoms in total. The number of nitrogens with zero attached hydrogens (tertiary/aromatic N) is 1. The quantitative estimate of drug-likeness (QED) is 0.860. The van der Waals surface area contributed by atoms with Gasteiger partial charge in [0.15, 0.2) is 0 Å². The largest absolute Gasteiger partial charge is 0.371 e. The van der Waals surface area contributed by atoms with Gasteiger partial charge in [-0.05, 0) is 48.9 Å². The Hall–Kier alpha value is -1.02. The van der Waals surface area contributed by atoms with Crippen LogP contribution < -0.4 is 10.2 Å². The second-order valence-corrected chi connectivity index (χ2v) is 5.70. The SMILES string of the molecule is CCC1CCCN(c2cccc3c2CCNC3)C1. The molecule has 2 aliphatic heterocycles. The molecule has 1 aromatic carbocycles. The van der Waals surface area contributed by atoms with Crippen molar-refractivity contribution in [3.63, 3.8) is 0 Å². The minimum Gasteiger partial charge on any atom is -0.371 e. The molecule has 18 heavy (non-hydrogen) atoms. The van der Waals surface area contributed by atoms with Crippen LogP contribution in [0.1, 0.15) is 37.3 Å². The molecule has 0 saturated carbocycles. The Morgan fingerprint density at radius 3 is 3.22 bits per heavy atom. The molecule has 1 saturated heterocycles. The van der Waals surface area contributed by atoms with Gasteiger partial charge in [0.1, 0.15) is 0 Å². The van der Waals surface area contributed by atoms with Crippen molar-refractivity contribution < 1.29 is 0 Å². The fraction of sp³-hybridized carbons (Fsp3) is 0.625. The molecule has 1 atom stereocenters. The van der Waals surface area contributed by atoms with Crippen molar-refractivity contribution in [2.45, 2.75) is 39.2 Å². The maximum atomic E-state index is 3.47. The molecular weight excluding hydrogens is 220 g/mol. The number of piperidine rings is 1. The molecule has 0 bridgehead atoms. The average Bonchev–Trinajstić information content (AvgIpc) is 2.47. The van der Waals surface area contributed by atoms with E-state index in [1.54, 1.807) is 5.56 Å². The van der Waals surface area contributed by atoms with Crippen LogP contribution in [0.3, 0.4) is 0 Å². The summed E-state index contributed by atoms with van der Waals surface area (Å²) in [6.45, 7) is 7.03. The highest BCUT2D eigenvalue weighted by molar-refractivity contribution is 5.58. The lowest BCUT2D eigenvalue weighted by Crippen LogP contribution is -2.36. The Kier molecular flexibility index (Phi) is 3.55. The van der Waals surface area contributed by atoms with Crippen LogP contribution in [0.4, 0.5) is 5.69 Å². The summed E-state index contributed by atoms with van der Waals surface area (Å²) >= 11 is 0. The summed E-state index contributed by atoms with van der Waals surface area (Å²) in [5.74, 6) is 0.899. The molecular formula is C16H24N2. The Morgan fingerprint density at radius 2 is 2.33 bits per heavy atom. The number of nitrogens with one attached hydrogen (secondary N) is 1. The first-order chi connectivity index (χ1) is 8.88. The normalized spacial score (nSPS) is 23.8. The first kappa shape index (κ1) is 12.0. The molecule has 98 valence electrons. The van der Waals surface area contributed by atoms with Crippen LogP contribution in [0.25, 0.3) is 0 Å². The van der Waals surface area contributed by atoms with Crippen LogP contribution in [0.15, 0.2) is 18.2 Å². The summed E-state index contributed by atoms with van der Waals surface area (Å²) in [7, 11) is 0. The van der Waals surface area contributed by atoms with Crippen molar-refractivity contribution >= 4 is 5.69 Å². The van der Waals surface area contributed by atoms with E-state index in [4.69, 9.17) is 0 Å². The molecule has 1 N–H and O–H groups in total. The van der Waals surface area contributed by atoms with E-state index in [-0.39, 0.29) is 0 Å². The highest BCUT2D eigenvalue weighted by atomic mass is 15.1. The second-order valence-electron chi connectivity index (χ2n) is 5.70. The molecule has 0 spiro atoms. The Morgan fingerprint density at radius 1 is 1.39 bits per heavy atom. The van der Waals surface area contributed by atoms with Gasteiger partial charge in [0.05, 0.1) is 0 Å². The van der Waals surface area contributed by atoms with Crippen molar-refractivity contribution in [3.8, 4) is 0 Å². The summed E-state index contributed by atoms with van der Waals surface area (Å²) in [4.78, 5) is 2.64. The zero-order valence-electron chi connectivity index (χ0n) is 11.4. The topological polar surface area (TPSA) is 15.3 Å². The summed E-state index contributed by atoms with van der Waals surface area (Å²) in [6, 6.07) is 6.85. The maximum Gasteiger partial charge on any atom is 0.0402 e. The van der Waals surface area contributed by atoms with Crippen molar-refractivity contribution in [3.05, 3.63) is 29.3 Å². The molecule has 1 unspecified atom stereocenters. The monoisotopic (exact) mass is 244 g/mol. The molecule has 0 aromatic heterocycles. The van der Waals surface area contributed by atoms with Crippen LogP contribution in [-0.2, 0) is 13.0 Å². The van der Waals surface area contributed by atoms with Gasteiger partial charge in [0, 0.05) is 25.3 Å². The maximum absolute atomic E-state index is 3.47. The van der Waals surface area contributed by atoms with Gasteiger partial charge < -0.3 is 10.2 Å². The zero-order valence-corrected chi connectivity index (χ0v) is 11.4. The standard InChI is InChI=1S/C16H24N2/c1-2-13-5-4-10-18(12-13)16-7-3-6-14-11-17-9-8-15(14)16/h3,6-7,13,17H,2,4-5,8-12H2,1H3. The van der Waals surface area contributed by atoms with Gasteiger partial charge in [-0.15, -0.1) is 0 Å². The molecule has 2 heterocycles. The second kappa shape index (κ2) is 5.31. The van der Waals surface area contributed by atoms with Crippen LogP contribution in [0.2, 0.25) is 0 Å². The van der Waals surface area contributed by atoms with E-state index in [0.717, 1.165) is 19.0 Å². The number of hydrogen-bond donors (Lipinski definition) is 1. The third-order valence-electron chi connectivity index (χ3n) is 4.55. The lowest BCUT2D eigenvalue weighted by atomic mass is 9.93. The van der Waals surface area contributed by atoms with Crippen molar-refractivity contribution in [1.82, 2.24) is 5.32 Å². The van der Waals surface area contributed by atoms with Crippen LogP contribution >= 0.6 is 0 Å². The molecule has 0 amide bonds. The molecule has 1 aromatic rings. The van der Waals surface area contributed by atoms with E-state index >= 15 is 0 Å². The predicted octanol–water partition coefficient (Wildman–Crippen LogP) is 2.96.